The van der Waals surface area contributed by atoms with Crippen LogP contribution >= 0.6 is 11.6 Å². The minimum absolute atomic E-state index is 0.0992. The fourth-order valence-electron chi connectivity index (χ4n) is 1.76. The molecule has 0 aliphatic rings. The van der Waals surface area contributed by atoms with Crippen LogP contribution in [0.15, 0.2) is 12.1 Å². The van der Waals surface area contributed by atoms with E-state index in [0.717, 1.165) is 5.56 Å². The number of benzene rings is 1. The predicted octanol–water partition coefficient (Wildman–Crippen LogP) is 2.99. The van der Waals surface area contributed by atoms with Crippen LogP contribution in [0.2, 0.25) is 5.02 Å². The van der Waals surface area contributed by atoms with Gasteiger partial charge in [0.2, 0.25) is 0 Å². The molecule has 0 fully saturated rings. The quantitative estimate of drug-likeness (QED) is 0.846. The fraction of sp³-hybridized carbons (Fsp3) is 0.429. The first kappa shape index (κ1) is 17.1. The van der Waals surface area contributed by atoms with E-state index in [1.54, 1.807) is 19.1 Å². The van der Waals surface area contributed by atoms with Crippen LogP contribution in [0.3, 0.4) is 0 Å². The van der Waals surface area contributed by atoms with Gasteiger partial charge in [0.25, 0.3) is 0 Å². The average molecular weight is 315 g/mol. The molecule has 6 nitrogen and oxygen atoms in total. The van der Waals surface area contributed by atoms with Crippen LogP contribution in [0.5, 0.6) is 5.75 Å². The summed E-state index contributed by atoms with van der Waals surface area (Å²) in [5.74, 6) is -0.491. The van der Waals surface area contributed by atoms with Gasteiger partial charge in [0, 0.05) is 24.2 Å². The lowest BCUT2D eigenvalue weighted by Crippen LogP contribution is -2.36. The Labute approximate surface area is 128 Å². The Balaban J connectivity index is 2.85. The zero-order chi connectivity index (χ0) is 16.0. The van der Waals surface area contributed by atoms with Gasteiger partial charge in [0.1, 0.15) is 5.75 Å². The maximum atomic E-state index is 12.2. The van der Waals surface area contributed by atoms with E-state index in [2.05, 4.69) is 5.32 Å². The lowest BCUT2D eigenvalue weighted by molar-refractivity contribution is -0.137. The van der Waals surface area contributed by atoms with Crippen LogP contribution in [0.4, 0.5) is 10.5 Å². The molecule has 0 saturated carbocycles. The van der Waals surface area contributed by atoms with E-state index in [9.17, 15) is 9.59 Å². The molecule has 1 aromatic carbocycles. The van der Waals surface area contributed by atoms with Gasteiger partial charge in [-0.15, -0.1) is 0 Å². The number of urea groups is 1. The van der Waals surface area contributed by atoms with Crippen LogP contribution in [0, 0.1) is 6.92 Å². The molecule has 0 aliphatic carbocycles. The summed E-state index contributed by atoms with van der Waals surface area (Å²) in [7, 11) is 1.48. The largest absolute Gasteiger partial charge is 0.495 e. The number of amides is 2. The van der Waals surface area contributed by atoms with Gasteiger partial charge in [0.05, 0.1) is 19.2 Å². The van der Waals surface area contributed by atoms with Crippen LogP contribution in [-0.4, -0.2) is 42.2 Å². The van der Waals surface area contributed by atoms with Gasteiger partial charge in [0.15, 0.2) is 0 Å². The third-order valence-electron chi connectivity index (χ3n) is 2.99. The Kier molecular flexibility index (Phi) is 6.30. The number of nitrogens with zero attached hydrogens (tertiary/aromatic N) is 1. The number of halogens is 1. The number of carboxylic acid groups (broad SMARTS) is 1. The van der Waals surface area contributed by atoms with Gasteiger partial charge in [-0.25, -0.2) is 4.79 Å². The Morgan fingerprint density at radius 1 is 1.43 bits per heavy atom. The van der Waals surface area contributed by atoms with Gasteiger partial charge in [-0.3, -0.25) is 4.79 Å². The molecule has 1 aromatic rings. The number of carbonyl (C=O) groups is 2. The molecule has 21 heavy (non-hydrogen) atoms. The van der Waals surface area contributed by atoms with E-state index >= 15 is 0 Å². The standard InChI is InChI=1S/C14H19ClN2O4/c1-4-17(6-5-13(18)19)14(20)16-11-7-9(2)10(15)8-12(11)21-3/h7-8H,4-6H2,1-3H3,(H,16,20)(H,18,19). The molecule has 0 bridgehead atoms. The number of aryl methyl sites for hydroxylation is 1. The number of nitrogens with one attached hydrogen (secondary N) is 1. The molecule has 2 amide bonds. The van der Waals surface area contributed by atoms with E-state index in [1.165, 1.54) is 12.0 Å². The molecular weight excluding hydrogens is 296 g/mol. The van der Waals surface area contributed by atoms with Gasteiger partial charge < -0.3 is 20.1 Å². The molecule has 0 aliphatic heterocycles. The number of carbonyl (C=O) groups excluding carboxylic acids is 1. The second kappa shape index (κ2) is 7.73. The Morgan fingerprint density at radius 3 is 2.62 bits per heavy atom. The topological polar surface area (TPSA) is 78.9 Å². The smallest absolute Gasteiger partial charge is 0.321 e. The van der Waals surface area contributed by atoms with Crippen molar-refractivity contribution in [2.45, 2.75) is 20.3 Å². The summed E-state index contributed by atoms with van der Waals surface area (Å²) < 4.78 is 5.18. The van der Waals surface area contributed by atoms with Crippen LogP contribution in [-0.2, 0) is 4.79 Å². The van der Waals surface area contributed by atoms with Gasteiger partial charge in [-0.2, -0.15) is 0 Å². The molecule has 0 heterocycles. The number of methoxy groups -OCH3 is 1. The summed E-state index contributed by atoms with van der Waals surface area (Å²) in [5, 5.41) is 11.9. The van der Waals surface area contributed by atoms with E-state index in [-0.39, 0.29) is 19.0 Å². The van der Waals surface area contributed by atoms with Crippen molar-refractivity contribution in [3.8, 4) is 5.75 Å². The second-order valence-electron chi connectivity index (χ2n) is 4.46. The molecule has 7 heteroatoms. The summed E-state index contributed by atoms with van der Waals surface area (Å²) in [6.07, 6.45) is -0.0992. The molecule has 0 radical (unpaired) electrons. The SMILES string of the molecule is CCN(CCC(=O)O)C(=O)Nc1cc(C)c(Cl)cc1OC. The van der Waals surface area contributed by atoms with Gasteiger partial charge in [-0.1, -0.05) is 11.6 Å². The first-order chi connectivity index (χ1) is 9.88. The first-order valence-corrected chi connectivity index (χ1v) is 6.88. The molecule has 116 valence electrons. The van der Waals surface area contributed by atoms with Crippen LogP contribution in [0.25, 0.3) is 0 Å². The summed E-state index contributed by atoms with van der Waals surface area (Å²) in [6.45, 7) is 4.16. The highest BCUT2D eigenvalue weighted by Crippen LogP contribution is 2.31. The van der Waals surface area contributed by atoms with Crippen LogP contribution < -0.4 is 10.1 Å². The van der Waals surface area contributed by atoms with Gasteiger partial charge in [-0.05, 0) is 25.5 Å². The normalized spacial score (nSPS) is 10.1. The monoisotopic (exact) mass is 314 g/mol. The van der Waals surface area contributed by atoms with Crippen molar-refractivity contribution in [1.29, 1.82) is 0 Å². The fourth-order valence-corrected chi connectivity index (χ4v) is 1.91. The molecule has 0 atom stereocenters. The van der Waals surface area contributed by atoms with Crippen molar-refractivity contribution in [3.05, 3.63) is 22.7 Å². The Bertz CT molecular complexity index is 534. The molecule has 1 rings (SSSR count). The highest BCUT2D eigenvalue weighted by molar-refractivity contribution is 6.31. The number of aliphatic carboxylic acids is 1. The summed E-state index contributed by atoms with van der Waals surface area (Å²) in [6, 6.07) is 2.96. The van der Waals surface area contributed by atoms with Gasteiger partial charge >= 0.3 is 12.0 Å². The zero-order valence-electron chi connectivity index (χ0n) is 12.3. The number of hydrogen-bond acceptors (Lipinski definition) is 3. The predicted molar refractivity (Wildman–Crippen MR) is 81.3 cm³/mol. The number of rotatable bonds is 6. The third-order valence-corrected chi connectivity index (χ3v) is 3.39. The molecule has 0 saturated heterocycles. The third kappa shape index (κ3) is 4.82. The lowest BCUT2D eigenvalue weighted by Gasteiger charge is -2.21. The maximum Gasteiger partial charge on any atom is 0.321 e. The lowest BCUT2D eigenvalue weighted by atomic mass is 10.2. The highest BCUT2D eigenvalue weighted by Gasteiger charge is 2.16. The number of hydrogen-bond donors (Lipinski definition) is 2. The number of carboxylic acids is 1. The molecular formula is C14H19ClN2O4. The molecule has 0 unspecified atom stereocenters. The summed E-state index contributed by atoms with van der Waals surface area (Å²) in [4.78, 5) is 24.2. The minimum atomic E-state index is -0.943. The molecule has 0 aromatic heterocycles. The first-order valence-electron chi connectivity index (χ1n) is 6.50. The van der Waals surface area contributed by atoms with E-state index in [0.29, 0.717) is 23.0 Å². The van der Waals surface area contributed by atoms with E-state index in [1.807, 2.05) is 6.92 Å². The second-order valence-corrected chi connectivity index (χ2v) is 4.86. The van der Waals surface area contributed by atoms with Crippen LogP contribution in [0.1, 0.15) is 18.9 Å². The minimum Gasteiger partial charge on any atom is -0.495 e. The van der Waals surface area contributed by atoms with Crippen molar-refractivity contribution in [1.82, 2.24) is 4.90 Å². The highest BCUT2D eigenvalue weighted by atomic mass is 35.5. The molecule has 0 spiro atoms. The van der Waals surface area contributed by atoms with E-state index in [4.69, 9.17) is 21.4 Å². The van der Waals surface area contributed by atoms with E-state index < -0.39 is 5.97 Å². The van der Waals surface area contributed by atoms with Crippen molar-refractivity contribution in [2.75, 3.05) is 25.5 Å². The van der Waals surface area contributed by atoms with Crippen molar-refractivity contribution >= 4 is 29.3 Å². The summed E-state index contributed by atoms with van der Waals surface area (Å²) >= 11 is 6.01. The maximum absolute atomic E-state index is 12.2. The Morgan fingerprint density at radius 2 is 2.10 bits per heavy atom. The number of ether oxygens (including phenoxy) is 1. The summed E-state index contributed by atoms with van der Waals surface area (Å²) in [5.41, 5.74) is 1.31. The zero-order valence-corrected chi connectivity index (χ0v) is 13.0. The van der Waals surface area contributed by atoms with Crippen molar-refractivity contribution < 1.29 is 19.4 Å². The van der Waals surface area contributed by atoms with Crippen molar-refractivity contribution in [3.63, 3.8) is 0 Å². The number of anilines is 1. The van der Waals surface area contributed by atoms with Crippen molar-refractivity contribution in [2.24, 2.45) is 0 Å². The molecule has 2 N–H and O–H groups in total. The average Bonchev–Trinajstić information content (AvgIpc) is 2.42. The Hall–Kier alpha value is -1.95.